The first kappa shape index (κ1) is 14.0. The van der Waals surface area contributed by atoms with Crippen molar-refractivity contribution in [2.45, 2.75) is 65.7 Å². The van der Waals surface area contributed by atoms with Gasteiger partial charge in [-0.3, -0.25) is 0 Å². The Bertz CT molecular complexity index is 99.4. The standard InChI is InChI=1S/C13H29N/c1-4-14-12-10-8-6-5-7-9-11-13(2)3/h13-14H,4-12H2,1-3H3. The van der Waals surface area contributed by atoms with Gasteiger partial charge in [0.1, 0.15) is 0 Å². The van der Waals surface area contributed by atoms with Crippen molar-refractivity contribution in [2.75, 3.05) is 13.1 Å². The van der Waals surface area contributed by atoms with Gasteiger partial charge in [-0.1, -0.05) is 59.3 Å². The highest BCUT2D eigenvalue weighted by atomic mass is 14.8. The lowest BCUT2D eigenvalue weighted by molar-refractivity contribution is 0.508. The van der Waals surface area contributed by atoms with Crippen LogP contribution in [0.15, 0.2) is 0 Å². The molecule has 86 valence electrons. The molecule has 0 aliphatic rings. The summed E-state index contributed by atoms with van der Waals surface area (Å²) in [5.74, 6) is 0.892. The molecule has 0 spiro atoms. The average molecular weight is 199 g/mol. The van der Waals surface area contributed by atoms with Crippen LogP contribution in [0.2, 0.25) is 0 Å². The van der Waals surface area contributed by atoms with Crippen molar-refractivity contribution >= 4 is 0 Å². The summed E-state index contributed by atoms with van der Waals surface area (Å²) in [4.78, 5) is 0. The van der Waals surface area contributed by atoms with Crippen molar-refractivity contribution in [3.63, 3.8) is 0 Å². The second-order valence-electron chi connectivity index (χ2n) is 4.66. The fourth-order valence-corrected chi connectivity index (χ4v) is 1.69. The number of hydrogen-bond acceptors (Lipinski definition) is 1. The summed E-state index contributed by atoms with van der Waals surface area (Å²) in [6, 6.07) is 0. The van der Waals surface area contributed by atoms with Gasteiger partial charge in [0.2, 0.25) is 0 Å². The molecule has 0 aliphatic carbocycles. The van der Waals surface area contributed by atoms with Crippen LogP contribution in [-0.2, 0) is 0 Å². The predicted molar refractivity (Wildman–Crippen MR) is 65.7 cm³/mol. The van der Waals surface area contributed by atoms with E-state index >= 15 is 0 Å². The minimum Gasteiger partial charge on any atom is -0.317 e. The van der Waals surface area contributed by atoms with E-state index in [1.807, 2.05) is 0 Å². The molecule has 1 heteroatoms. The van der Waals surface area contributed by atoms with E-state index in [1.54, 1.807) is 0 Å². The van der Waals surface area contributed by atoms with E-state index in [0.717, 1.165) is 12.5 Å². The number of rotatable bonds is 10. The summed E-state index contributed by atoms with van der Waals surface area (Å²) in [7, 11) is 0. The summed E-state index contributed by atoms with van der Waals surface area (Å²) in [6.07, 6.45) is 9.94. The topological polar surface area (TPSA) is 12.0 Å². The Labute approximate surface area is 90.7 Å². The lowest BCUT2D eigenvalue weighted by atomic mass is 10.0. The van der Waals surface area contributed by atoms with Gasteiger partial charge in [-0.15, -0.1) is 0 Å². The van der Waals surface area contributed by atoms with Gasteiger partial charge in [-0.05, 0) is 25.4 Å². The number of nitrogens with one attached hydrogen (secondary N) is 1. The fraction of sp³-hybridized carbons (Fsp3) is 1.00. The molecule has 0 atom stereocenters. The monoisotopic (exact) mass is 199 g/mol. The summed E-state index contributed by atoms with van der Waals surface area (Å²) in [5, 5.41) is 3.37. The molecule has 1 nitrogen and oxygen atoms in total. The van der Waals surface area contributed by atoms with Crippen molar-refractivity contribution in [3.05, 3.63) is 0 Å². The second kappa shape index (κ2) is 11.0. The van der Waals surface area contributed by atoms with Crippen LogP contribution in [0.1, 0.15) is 65.7 Å². The third-order valence-corrected chi connectivity index (χ3v) is 2.64. The molecular weight excluding hydrogens is 170 g/mol. The first-order chi connectivity index (χ1) is 6.77. The molecule has 0 aromatic rings. The minimum atomic E-state index is 0.892. The molecule has 0 saturated heterocycles. The maximum absolute atomic E-state index is 3.37. The molecule has 1 N–H and O–H groups in total. The summed E-state index contributed by atoms with van der Waals surface area (Å²) in [6.45, 7) is 9.13. The molecule has 0 aromatic heterocycles. The molecular formula is C13H29N. The Morgan fingerprint density at radius 3 is 2.00 bits per heavy atom. The molecule has 0 amide bonds. The summed E-state index contributed by atoms with van der Waals surface area (Å²) < 4.78 is 0. The van der Waals surface area contributed by atoms with E-state index in [1.165, 1.54) is 51.5 Å². The lowest BCUT2D eigenvalue weighted by Crippen LogP contribution is -2.13. The zero-order valence-electron chi connectivity index (χ0n) is 10.4. The first-order valence-electron chi connectivity index (χ1n) is 6.48. The van der Waals surface area contributed by atoms with Gasteiger partial charge in [0.05, 0.1) is 0 Å². The van der Waals surface area contributed by atoms with Crippen LogP contribution >= 0.6 is 0 Å². The van der Waals surface area contributed by atoms with Crippen molar-refractivity contribution in [3.8, 4) is 0 Å². The van der Waals surface area contributed by atoms with Gasteiger partial charge in [0, 0.05) is 0 Å². The van der Waals surface area contributed by atoms with Crippen LogP contribution < -0.4 is 5.32 Å². The van der Waals surface area contributed by atoms with E-state index < -0.39 is 0 Å². The zero-order valence-corrected chi connectivity index (χ0v) is 10.4. The maximum Gasteiger partial charge on any atom is -0.00490 e. The van der Waals surface area contributed by atoms with Gasteiger partial charge < -0.3 is 5.32 Å². The highest BCUT2D eigenvalue weighted by molar-refractivity contribution is 4.50. The first-order valence-corrected chi connectivity index (χ1v) is 6.48. The quantitative estimate of drug-likeness (QED) is 0.525. The molecule has 0 bridgehead atoms. The molecule has 0 aromatic carbocycles. The molecule has 0 fully saturated rings. The van der Waals surface area contributed by atoms with Crippen molar-refractivity contribution < 1.29 is 0 Å². The van der Waals surface area contributed by atoms with E-state index in [9.17, 15) is 0 Å². The van der Waals surface area contributed by atoms with Crippen molar-refractivity contribution in [1.82, 2.24) is 5.32 Å². The van der Waals surface area contributed by atoms with Gasteiger partial charge in [0.15, 0.2) is 0 Å². The van der Waals surface area contributed by atoms with Gasteiger partial charge in [-0.2, -0.15) is 0 Å². The van der Waals surface area contributed by atoms with Crippen LogP contribution in [0.3, 0.4) is 0 Å². The minimum absolute atomic E-state index is 0.892. The highest BCUT2D eigenvalue weighted by Crippen LogP contribution is 2.10. The Balaban J connectivity index is 2.85. The largest absolute Gasteiger partial charge is 0.317 e. The smallest absolute Gasteiger partial charge is 0.00490 e. The molecule has 0 rings (SSSR count). The summed E-state index contributed by atoms with van der Waals surface area (Å²) >= 11 is 0. The average Bonchev–Trinajstić information content (AvgIpc) is 2.15. The van der Waals surface area contributed by atoms with Crippen LogP contribution in [0.25, 0.3) is 0 Å². The molecule has 0 heterocycles. The molecule has 0 unspecified atom stereocenters. The summed E-state index contributed by atoms with van der Waals surface area (Å²) in [5.41, 5.74) is 0. The Kier molecular flexibility index (Phi) is 11.0. The fourth-order valence-electron chi connectivity index (χ4n) is 1.69. The van der Waals surface area contributed by atoms with Gasteiger partial charge in [0.25, 0.3) is 0 Å². The number of unbranched alkanes of at least 4 members (excludes halogenated alkanes) is 5. The van der Waals surface area contributed by atoms with Crippen LogP contribution in [-0.4, -0.2) is 13.1 Å². The van der Waals surface area contributed by atoms with Crippen LogP contribution in [0.4, 0.5) is 0 Å². The molecule has 0 aliphatic heterocycles. The van der Waals surface area contributed by atoms with E-state index in [4.69, 9.17) is 0 Å². The van der Waals surface area contributed by atoms with E-state index in [2.05, 4.69) is 26.1 Å². The van der Waals surface area contributed by atoms with Crippen molar-refractivity contribution in [1.29, 1.82) is 0 Å². The third-order valence-electron chi connectivity index (χ3n) is 2.64. The second-order valence-corrected chi connectivity index (χ2v) is 4.66. The van der Waals surface area contributed by atoms with Gasteiger partial charge in [-0.25, -0.2) is 0 Å². The molecule has 0 radical (unpaired) electrons. The SMILES string of the molecule is CCNCCCCCCCCC(C)C. The Hall–Kier alpha value is -0.0400. The molecule has 14 heavy (non-hydrogen) atoms. The lowest BCUT2D eigenvalue weighted by Gasteiger charge is -2.04. The zero-order chi connectivity index (χ0) is 10.6. The Morgan fingerprint density at radius 1 is 0.857 bits per heavy atom. The number of hydrogen-bond donors (Lipinski definition) is 1. The third kappa shape index (κ3) is 12.0. The van der Waals surface area contributed by atoms with Gasteiger partial charge >= 0.3 is 0 Å². The van der Waals surface area contributed by atoms with E-state index in [0.29, 0.717) is 0 Å². The van der Waals surface area contributed by atoms with Crippen molar-refractivity contribution in [2.24, 2.45) is 5.92 Å². The highest BCUT2D eigenvalue weighted by Gasteiger charge is 1.94. The van der Waals surface area contributed by atoms with Crippen LogP contribution in [0.5, 0.6) is 0 Å². The maximum atomic E-state index is 3.37. The van der Waals surface area contributed by atoms with Crippen LogP contribution in [0, 0.1) is 5.92 Å². The Morgan fingerprint density at radius 2 is 1.43 bits per heavy atom. The normalized spacial score (nSPS) is 11.1. The molecule has 0 saturated carbocycles. The van der Waals surface area contributed by atoms with E-state index in [-0.39, 0.29) is 0 Å². The predicted octanol–water partition coefficient (Wildman–Crippen LogP) is 3.98.